The van der Waals surface area contributed by atoms with E-state index < -0.39 is 16.0 Å². The number of sulfonamides is 1. The largest absolute Gasteiger partial charge is 0.426 e. The first-order valence-corrected chi connectivity index (χ1v) is 9.87. The summed E-state index contributed by atoms with van der Waals surface area (Å²) in [4.78, 5) is 16.5. The maximum Gasteiger partial charge on any atom is 0.313 e. The van der Waals surface area contributed by atoms with Crippen molar-refractivity contribution in [1.82, 2.24) is 4.72 Å². The van der Waals surface area contributed by atoms with Crippen molar-refractivity contribution in [3.8, 4) is 5.75 Å². The summed E-state index contributed by atoms with van der Waals surface area (Å²) in [6.07, 6.45) is 0.0419. The maximum absolute atomic E-state index is 12.1. The highest BCUT2D eigenvalue weighted by atomic mass is 32.2. The molecule has 0 saturated carbocycles. The molecule has 1 heterocycles. The number of ether oxygens (including phenoxy) is 1. The van der Waals surface area contributed by atoms with Gasteiger partial charge >= 0.3 is 5.97 Å². The van der Waals surface area contributed by atoms with Crippen molar-refractivity contribution in [2.45, 2.75) is 11.3 Å². The summed E-state index contributed by atoms with van der Waals surface area (Å²) in [5.74, 6) is 0.297. The molecular weight excluding hydrogens is 364 g/mol. The van der Waals surface area contributed by atoms with Crippen molar-refractivity contribution in [2.24, 2.45) is 4.99 Å². The van der Waals surface area contributed by atoms with Crippen LogP contribution in [0.5, 0.6) is 5.75 Å². The van der Waals surface area contributed by atoms with Crippen LogP contribution < -0.4 is 9.46 Å². The summed E-state index contributed by atoms with van der Waals surface area (Å²) in [6.45, 7) is 0.124. The number of fused-ring (bicyclic) bond motifs is 2. The molecule has 0 fully saturated rings. The third-order valence-electron chi connectivity index (χ3n) is 4.20. The minimum absolute atomic E-state index is 0.0419. The van der Waals surface area contributed by atoms with Gasteiger partial charge in [-0.1, -0.05) is 42.5 Å². The van der Waals surface area contributed by atoms with Crippen LogP contribution in [0.2, 0.25) is 0 Å². The van der Waals surface area contributed by atoms with Gasteiger partial charge in [0.1, 0.15) is 11.6 Å². The summed E-state index contributed by atoms with van der Waals surface area (Å²) in [7, 11) is -3.57. The Morgan fingerprint density at radius 3 is 2.56 bits per heavy atom. The molecule has 0 amide bonds. The van der Waals surface area contributed by atoms with E-state index in [0.29, 0.717) is 11.3 Å². The lowest BCUT2D eigenvalue weighted by molar-refractivity contribution is -0.134. The van der Waals surface area contributed by atoms with E-state index in [1.54, 1.807) is 30.3 Å². The van der Waals surface area contributed by atoms with E-state index in [4.69, 9.17) is 4.74 Å². The molecule has 0 unspecified atom stereocenters. The van der Waals surface area contributed by atoms with Crippen LogP contribution in [0.15, 0.2) is 76.6 Å². The molecule has 0 aromatic heterocycles. The highest BCUT2D eigenvalue weighted by Gasteiger charge is 2.29. The quantitative estimate of drug-likeness (QED) is 0.557. The minimum atomic E-state index is -3.57. The summed E-state index contributed by atoms with van der Waals surface area (Å²) < 4.78 is 31.8. The topological polar surface area (TPSA) is 84.8 Å². The van der Waals surface area contributed by atoms with Crippen molar-refractivity contribution in [2.75, 3.05) is 6.54 Å². The molecule has 0 aliphatic carbocycles. The average molecular weight is 380 g/mol. The number of carbonyl (C=O) groups excluding carboxylic acids is 1. The molecule has 0 radical (unpaired) electrons. The Morgan fingerprint density at radius 2 is 1.70 bits per heavy atom. The summed E-state index contributed by atoms with van der Waals surface area (Å²) in [6, 6.07) is 19.8. The fraction of sp³-hybridized carbons (Fsp3) is 0.100. The minimum Gasteiger partial charge on any atom is -0.426 e. The van der Waals surface area contributed by atoms with Gasteiger partial charge in [0.05, 0.1) is 17.9 Å². The van der Waals surface area contributed by atoms with Crippen molar-refractivity contribution >= 4 is 32.6 Å². The molecule has 7 heteroatoms. The number of nitrogens with zero attached hydrogens (tertiary/aromatic N) is 1. The number of carbonyl (C=O) groups is 1. The molecule has 4 rings (SSSR count). The molecule has 6 nitrogen and oxygen atoms in total. The van der Waals surface area contributed by atoms with Crippen LogP contribution in [-0.2, 0) is 14.8 Å². The van der Waals surface area contributed by atoms with Crippen LogP contribution in [0.1, 0.15) is 12.0 Å². The van der Waals surface area contributed by atoms with E-state index in [9.17, 15) is 13.2 Å². The molecule has 136 valence electrons. The van der Waals surface area contributed by atoms with Crippen molar-refractivity contribution in [1.29, 1.82) is 0 Å². The Kier molecular flexibility index (Phi) is 4.37. The van der Waals surface area contributed by atoms with Crippen molar-refractivity contribution in [3.05, 3.63) is 72.3 Å². The maximum atomic E-state index is 12.1. The van der Waals surface area contributed by atoms with Crippen LogP contribution in [0.4, 0.5) is 0 Å². The second-order valence-electron chi connectivity index (χ2n) is 6.07. The fourth-order valence-corrected chi connectivity index (χ4v) is 4.17. The smallest absolute Gasteiger partial charge is 0.313 e. The first-order chi connectivity index (χ1) is 13.0. The zero-order valence-corrected chi connectivity index (χ0v) is 15.1. The number of hydrogen-bond donors (Lipinski definition) is 1. The lowest BCUT2D eigenvalue weighted by atomic mass is 10.1. The van der Waals surface area contributed by atoms with Gasteiger partial charge < -0.3 is 4.74 Å². The number of rotatable bonds is 4. The zero-order chi connectivity index (χ0) is 18.9. The third kappa shape index (κ3) is 3.54. The van der Waals surface area contributed by atoms with Gasteiger partial charge in [-0.15, -0.1) is 0 Å². The Labute approximate surface area is 156 Å². The van der Waals surface area contributed by atoms with Crippen molar-refractivity contribution in [3.63, 3.8) is 0 Å². The lowest BCUT2D eigenvalue weighted by Gasteiger charge is -2.05. The van der Waals surface area contributed by atoms with Crippen LogP contribution in [0, 0.1) is 0 Å². The van der Waals surface area contributed by atoms with E-state index in [-0.39, 0.29) is 23.7 Å². The normalized spacial score (nSPS) is 16.1. The molecule has 0 atom stereocenters. The second-order valence-corrected chi connectivity index (χ2v) is 7.72. The predicted octanol–water partition coefficient (Wildman–Crippen LogP) is 2.87. The number of nitrogens with one attached hydrogen (secondary N) is 1. The summed E-state index contributed by atoms with van der Waals surface area (Å²) in [5, 5.41) is 2.05. The number of aliphatic imine (C=N–C) groups is 1. The third-order valence-corrected chi connectivity index (χ3v) is 5.60. The predicted molar refractivity (Wildman–Crippen MR) is 102 cm³/mol. The Balaban J connectivity index is 1.42. The molecule has 1 N–H and O–H groups in total. The van der Waals surface area contributed by atoms with E-state index >= 15 is 0 Å². The molecule has 27 heavy (non-hydrogen) atoms. The second kappa shape index (κ2) is 6.85. The zero-order valence-electron chi connectivity index (χ0n) is 14.3. The van der Waals surface area contributed by atoms with Crippen LogP contribution >= 0.6 is 0 Å². The monoisotopic (exact) mass is 380 g/mol. The SMILES string of the molecule is O=C(CCN=C1NS(=O)(=O)c2ccccc21)Oc1ccc2ccccc2c1. The molecule has 0 bridgehead atoms. The van der Waals surface area contributed by atoms with Gasteiger partial charge in [-0.3, -0.25) is 14.5 Å². The van der Waals surface area contributed by atoms with E-state index in [0.717, 1.165) is 10.8 Å². The van der Waals surface area contributed by atoms with E-state index in [1.807, 2.05) is 30.3 Å². The molecule has 3 aromatic rings. The van der Waals surface area contributed by atoms with Gasteiger partial charge in [-0.2, -0.15) is 0 Å². The van der Waals surface area contributed by atoms with Gasteiger partial charge in [-0.25, -0.2) is 8.42 Å². The molecule has 0 saturated heterocycles. The number of hydrogen-bond acceptors (Lipinski definition) is 5. The van der Waals surface area contributed by atoms with Gasteiger partial charge in [0.25, 0.3) is 10.0 Å². The van der Waals surface area contributed by atoms with Gasteiger partial charge in [-0.05, 0) is 35.0 Å². The lowest BCUT2D eigenvalue weighted by Crippen LogP contribution is -2.22. The Bertz CT molecular complexity index is 1170. The number of esters is 1. The van der Waals surface area contributed by atoms with Crippen LogP contribution in [0.25, 0.3) is 10.8 Å². The Morgan fingerprint density at radius 1 is 0.963 bits per heavy atom. The molecule has 3 aromatic carbocycles. The average Bonchev–Trinajstić information content (AvgIpc) is 2.92. The van der Waals surface area contributed by atoms with Gasteiger partial charge in [0, 0.05) is 5.56 Å². The number of benzene rings is 3. The van der Waals surface area contributed by atoms with Gasteiger partial charge in [0.15, 0.2) is 0 Å². The van der Waals surface area contributed by atoms with E-state index in [2.05, 4.69) is 9.71 Å². The highest BCUT2D eigenvalue weighted by molar-refractivity contribution is 7.90. The molecule has 0 spiro atoms. The summed E-state index contributed by atoms with van der Waals surface area (Å²) >= 11 is 0. The first kappa shape index (κ1) is 17.2. The van der Waals surface area contributed by atoms with Gasteiger partial charge in [0.2, 0.25) is 0 Å². The number of amidine groups is 1. The summed E-state index contributed by atoms with van der Waals surface area (Å²) in [5.41, 5.74) is 0.514. The van der Waals surface area contributed by atoms with E-state index in [1.165, 1.54) is 6.07 Å². The molecule has 1 aliphatic heterocycles. The van der Waals surface area contributed by atoms with Crippen LogP contribution in [0.3, 0.4) is 0 Å². The molecule has 1 aliphatic rings. The fourth-order valence-electron chi connectivity index (χ4n) is 2.92. The molecular formula is C20H16N2O4S. The Hall–Kier alpha value is -3.19. The first-order valence-electron chi connectivity index (χ1n) is 8.39. The van der Waals surface area contributed by atoms with Crippen molar-refractivity contribution < 1.29 is 17.9 Å². The van der Waals surface area contributed by atoms with Crippen LogP contribution in [-0.4, -0.2) is 26.8 Å². The standard InChI is InChI=1S/C20H16N2O4S/c23-19(26-16-10-9-14-5-1-2-6-15(14)13-16)11-12-21-20-17-7-3-4-8-18(17)27(24,25)22-20/h1-10,13H,11-12H2,(H,21,22). The highest BCUT2D eigenvalue weighted by Crippen LogP contribution is 2.23.